The van der Waals surface area contributed by atoms with Crippen molar-refractivity contribution in [2.45, 2.75) is 51.1 Å². The first-order valence-corrected chi connectivity index (χ1v) is 5.98. The van der Waals surface area contributed by atoms with E-state index in [-0.39, 0.29) is 0 Å². The summed E-state index contributed by atoms with van der Waals surface area (Å²) >= 11 is 0. The largest absolute Gasteiger partial charge is 0.314 e. The molecule has 4 nitrogen and oxygen atoms in total. The topological polar surface area (TPSA) is 42.7 Å². The molecule has 0 atom stereocenters. The van der Waals surface area contributed by atoms with Crippen LogP contribution in [0.4, 0.5) is 0 Å². The number of hydrogen-bond acceptors (Lipinski definition) is 3. The zero-order valence-electron chi connectivity index (χ0n) is 9.24. The second kappa shape index (κ2) is 3.59. The van der Waals surface area contributed by atoms with Gasteiger partial charge in [-0.3, -0.25) is 0 Å². The summed E-state index contributed by atoms with van der Waals surface area (Å²) in [5.41, 5.74) is 0. The molecule has 1 aromatic rings. The molecule has 3 rings (SSSR count). The van der Waals surface area contributed by atoms with E-state index in [9.17, 15) is 0 Å². The van der Waals surface area contributed by atoms with Gasteiger partial charge in [-0.2, -0.15) is 0 Å². The van der Waals surface area contributed by atoms with E-state index in [1.54, 1.807) is 0 Å². The van der Waals surface area contributed by atoms with Crippen LogP contribution in [0.3, 0.4) is 0 Å². The Kier molecular flexibility index (Phi) is 2.24. The van der Waals surface area contributed by atoms with E-state index in [4.69, 9.17) is 0 Å². The standard InChI is InChI=1S/C11H18N4/c1-8-13-14-11(15(8)10-4-5-10)6-7-12-9-2-3-9/h9-10,12H,2-7H2,1H3. The van der Waals surface area contributed by atoms with E-state index in [1.807, 2.05) is 0 Å². The first kappa shape index (κ1) is 9.33. The van der Waals surface area contributed by atoms with Crippen LogP contribution >= 0.6 is 0 Å². The molecule has 2 saturated carbocycles. The second-order valence-corrected chi connectivity index (χ2v) is 4.74. The highest BCUT2D eigenvalue weighted by molar-refractivity contribution is 5.02. The van der Waals surface area contributed by atoms with Crippen molar-refractivity contribution < 1.29 is 0 Å². The van der Waals surface area contributed by atoms with Gasteiger partial charge in [0.1, 0.15) is 11.6 Å². The molecule has 1 N–H and O–H groups in total. The first-order valence-electron chi connectivity index (χ1n) is 5.98. The van der Waals surface area contributed by atoms with Crippen molar-refractivity contribution in [2.24, 2.45) is 0 Å². The molecule has 0 radical (unpaired) electrons. The van der Waals surface area contributed by atoms with Crippen LogP contribution in [0.15, 0.2) is 0 Å². The molecule has 4 heteroatoms. The Labute approximate surface area is 90.1 Å². The van der Waals surface area contributed by atoms with Crippen LogP contribution in [0.5, 0.6) is 0 Å². The number of aromatic nitrogens is 3. The van der Waals surface area contributed by atoms with E-state index in [1.165, 1.54) is 31.5 Å². The van der Waals surface area contributed by atoms with Crippen molar-refractivity contribution in [2.75, 3.05) is 6.54 Å². The number of nitrogens with zero attached hydrogens (tertiary/aromatic N) is 3. The molecule has 82 valence electrons. The summed E-state index contributed by atoms with van der Waals surface area (Å²) in [5.74, 6) is 2.25. The van der Waals surface area contributed by atoms with Crippen molar-refractivity contribution in [3.63, 3.8) is 0 Å². The number of hydrogen-bond donors (Lipinski definition) is 1. The molecule has 15 heavy (non-hydrogen) atoms. The van der Waals surface area contributed by atoms with Gasteiger partial charge < -0.3 is 9.88 Å². The SMILES string of the molecule is Cc1nnc(CCNC2CC2)n1C1CC1. The molecular formula is C11H18N4. The van der Waals surface area contributed by atoms with Gasteiger partial charge in [0.2, 0.25) is 0 Å². The molecule has 2 fully saturated rings. The summed E-state index contributed by atoms with van der Waals surface area (Å²) in [5, 5.41) is 12.0. The summed E-state index contributed by atoms with van der Waals surface area (Å²) in [4.78, 5) is 0. The average Bonchev–Trinajstić information content (AvgIpc) is 3.09. The third-order valence-electron chi connectivity index (χ3n) is 3.21. The zero-order chi connectivity index (χ0) is 10.3. The van der Waals surface area contributed by atoms with Gasteiger partial charge >= 0.3 is 0 Å². The Hall–Kier alpha value is -0.900. The van der Waals surface area contributed by atoms with Crippen LogP contribution in [0.25, 0.3) is 0 Å². The highest BCUT2D eigenvalue weighted by atomic mass is 15.3. The molecule has 0 spiro atoms. The van der Waals surface area contributed by atoms with Crippen LogP contribution in [0.1, 0.15) is 43.4 Å². The molecule has 1 heterocycles. The molecule has 0 saturated heterocycles. The molecule has 0 aliphatic heterocycles. The van der Waals surface area contributed by atoms with Gasteiger partial charge in [-0.15, -0.1) is 10.2 Å². The summed E-state index contributed by atoms with van der Waals surface area (Å²) < 4.78 is 2.33. The minimum absolute atomic E-state index is 0.705. The summed E-state index contributed by atoms with van der Waals surface area (Å²) in [7, 11) is 0. The lowest BCUT2D eigenvalue weighted by molar-refractivity contribution is 0.616. The predicted octanol–water partition coefficient (Wildman–Crippen LogP) is 1.22. The smallest absolute Gasteiger partial charge is 0.134 e. The quantitative estimate of drug-likeness (QED) is 0.787. The number of aryl methyl sites for hydroxylation is 1. The van der Waals surface area contributed by atoms with E-state index in [2.05, 4.69) is 27.0 Å². The van der Waals surface area contributed by atoms with Crippen molar-refractivity contribution in [1.82, 2.24) is 20.1 Å². The fraction of sp³-hybridized carbons (Fsp3) is 0.818. The van der Waals surface area contributed by atoms with Crippen LogP contribution < -0.4 is 5.32 Å². The lowest BCUT2D eigenvalue weighted by atomic mass is 10.3. The van der Waals surface area contributed by atoms with Crippen molar-refractivity contribution in [1.29, 1.82) is 0 Å². The highest BCUT2D eigenvalue weighted by Crippen LogP contribution is 2.36. The number of rotatable bonds is 5. The van der Waals surface area contributed by atoms with E-state index < -0.39 is 0 Å². The third-order valence-corrected chi connectivity index (χ3v) is 3.21. The van der Waals surface area contributed by atoms with Crippen LogP contribution in [0.2, 0.25) is 0 Å². The van der Waals surface area contributed by atoms with Crippen molar-refractivity contribution in [3.05, 3.63) is 11.6 Å². The van der Waals surface area contributed by atoms with Gasteiger partial charge in [-0.25, -0.2) is 0 Å². The van der Waals surface area contributed by atoms with Crippen LogP contribution in [0, 0.1) is 6.92 Å². The molecule has 0 unspecified atom stereocenters. The maximum atomic E-state index is 4.27. The highest BCUT2D eigenvalue weighted by Gasteiger charge is 2.28. The minimum Gasteiger partial charge on any atom is -0.314 e. The molecule has 1 aromatic heterocycles. The summed E-state index contributed by atoms with van der Waals surface area (Å²) in [6.45, 7) is 3.11. The van der Waals surface area contributed by atoms with Gasteiger partial charge in [0, 0.05) is 25.0 Å². The Morgan fingerprint density at radius 3 is 2.73 bits per heavy atom. The van der Waals surface area contributed by atoms with Crippen LogP contribution in [-0.2, 0) is 6.42 Å². The van der Waals surface area contributed by atoms with Crippen molar-refractivity contribution in [3.8, 4) is 0 Å². The molecular weight excluding hydrogens is 188 g/mol. The monoisotopic (exact) mass is 206 g/mol. The minimum atomic E-state index is 0.705. The lowest BCUT2D eigenvalue weighted by Crippen LogP contribution is -2.20. The first-order chi connectivity index (χ1) is 7.34. The summed E-state index contributed by atoms with van der Waals surface area (Å²) in [6, 6.07) is 1.50. The normalized spacial score (nSPS) is 20.9. The second-order valence-electron chi connectivity index (χ2n) is 4.74. The Morgan fingerprint density at radius 2 is 2.07 bits per heavy atom. The molecule has 0 aromatic carbocycles. The molecule has 0 amide bonds. The van der Waals surface area contributed by atoms with Crippen molar-refractivity contribution >= 4 is 0 Å². The fourth-order valence-corrected chi connectivity index (χ4v) is 2.07. The van der Waals surface area contributed by atoms with E-state index >= 15 is 0 Å². The van der Waals surface area contributed by atoms with E-state index in [0.29, 0.717) is 6.04 Å². The van der Waals surface area contributed by atoms with Gasteiger partial charge in [0.15, 0.2) is 0 Å². The molecule has 0 bridgehead atoms. The maximum absolute atomic E-state index is 4.27. The maximum Gasteiger partial charge on any atom is 0.134 e. The third kappa shape index (κ3) is 2.04. The summed E-state index contributed by atoms with van der Waals surface area (Å²) in [6.07, 6.45) is 6.35. The molecule has 2 aliphatic carbocycles. The Bertz CT molecular complexity index is 349. The van der Waals surface area contributed by atoms with Gasteiger partial charge in [-0.05, 0) is 32.6 Å². The van der Waals surface area contributed by atoms with Gasteiger partial charge in [0.25, 0.3) is 0 Å². The van der Waals surface area contributed by atoms with Crippen LogP contribution in [-0.4, -0.2) is 27.4 Å². The van der Waals surface area contributed by atoms with Gasteiger partial charge in [-0.1, -0.05) is 0 Å². The number of nitrogens with one attached hydrogen (secondary N) is 1. The van der Waals surface area contributed by atoms with Gasteiger partial charge in [0.05, 0.1) is 0 Å². The Balaban J connectivity index is 1.62. The lowest BCUT2D eigenvalue weighted by Gasteiger charge is -2.06. The molecule has 2 aliphatic rings. The Morgan fingerprint density at radius 1 is 1.27 bits per heavy atom. The zero-order valence-corrected chi connectivity index (χ0v) is 9.24. The fourth-order valence-electron chi connectivity index (χ4n) is 2.07. The van der Waals surface area contributed by atoms with E-state index in [0.717, 1.165) is 24.8 Å². The average molecular weight is 206 g/mol. The predicted molar refractivity (Wildman–Crippen MR) is 57.8 cm³/mol.